The third kappa shape index (κ3) is 3.03. The molecule has 0 saturated heterocycles. The average Bonchev–Trinajstić information content (AvgIpc) is 2.96. The molecule has 0 N–H and O–H groups in total. The summed E-state index contributed by atoms with van der Waals surface area (Å²) in [6, 6.07) is 11.7. The standard InChI is InChI=1S/C15H11ClFN3O/c16-12-5-4-11(13(17)9-12)10-21-15-6-8-19-20(15)14-3-1-2-7-18-14/h1-9H,10H2. The van der Waals surface area contributed by atoms with E-state index in [0.29, 0.717) is 22.3 Å². The normalized spacial score (nSPS) is 10.6. The zero-order chi connectivity index (χ0) is 14.7. The number of ether oxygens (including phenoxy) is 1. The molecule has 6 heteroatoms. The molecule has 0 aliphatic carbocycles. The van der Waals surface area contributed by atoms with Gasteiger partial charge in [0.25, 0.3) is 0 Å². The number of pyridine rings is 1. The van der Waals surface area contributed by atoms with Crippen LogP contribution in [0.15, 0.2) is 54.9 Å². The van der Waals surface area contributed by atoms with Gasteiger partial charge in [-0.3, -0.25) is 0 Å². The Hall–Kier alpha value is -2.40. The smallest absolute Gasteiger partial charge is 0.218 e. The molecule has 1 aromatic carbocycles. The molecule has 0 aliphatic rings. The van der Waals surface area contributed by atoms with Gasteiger partial charge < -0.3 is 4.74 Å². The van der Waals surface area contributed by atoms with Gasteiger partial charge in [0.15, 0.2) is 5.82 Å². The Morgan fingerprint density at radius 1 is 1.14 bits per heavy atom. The van der Waals surface area contributed by atoms with E-state index in [0.717, 1.165) is 0 Å². The maximum absolute atomic E-state index is 13.7. The van der Waals surface area contributed by atoms with Gasteiger partial charge in [-0.25, -0.2) is 9.37 Å². The van der Waals surface area contributed by atoms with Crippen LogP contribution in [0.5, 0.6) is 5.88 Å². The Morgan fingerprint density at radius 3 is 2.81 bits per heavy atom. The van der Waals surface area contributed by atoms with Gasteiger partial charge in [0, 0.05) is 22.8 Å². The predicted molar refractivity (Wildman–Crippen MR) is 77.1 cm³/mol. The number of nitrogens with zero attached hydrogens (tertiary/aromatic N) is 3. The van der Waals surface area contributed by atoms with Crippen LogP contribution < -0.4 is 4.74 Å². The van der Waals surface area contributed by atoms with E-state index in [9.17, 15) is 4.39 Å². The quantitative estimate of drug-likeness (QED) is 0.739. The van der Waals surface area contributed by atoms with Crippen LogP contribution in [0.2, 0.25) is 5.02 Å². The van der Waals surface area contributed by atoms with E-state index in [1.807, 2.05) is 18.2 Å². The van der Waals surface area contributed by atoms with Gasteiger partial charge in [-0.2, -0.15) is 9.78 Å². The van der Waals surface area contributed by atoms with Crippen LogP contribution >= 0.6 is 11.6 Å². The summed E-state index contributed by atoms with van der Waals surface area (Å²) < 4.78 is 20.9. The molecule has 21 heavy (non-hydrogen) atoms. The molecule has 0 fully saturated rings. The first-order valence-corrected chi connectivity index (χ1v) is 6.64. The predicted octanol–water partition coefficient (Wildman–Crippen LogP) is 3.64. The highest BCUT2D eigenvalue weighted by molar-refractivity contribution is 6.30. The number of benzene rings is 1. The summed E-state index contributed by atoms with van der Waals surface area (Å²) in [5.41, 5.74) is 0.424. The number of hydrogen-bond acceptors (Lipinski definition) is 3. The molecule has 0 unspecified atom stereocenters. The second kappa shape index (κ2) is 5.93. The van der Waals surface area contributed by atoms with Crippen LogP contribution in [0.25, 0.3) is 5.82 Å². The number of halogens is 2. The lowest BCUT2D eigenvalue weighted by Gasteiger charge is -2.09. The fraction of sp³-hybridized carbons (Fsp3) is 0.0667. The van der Waals surface area contributed by atoms with E-state index in [-0.39, 0.29) is 6.61 Å². The molecule has 3 aromatic rings. The Kier molecular flexibility index (Phi) is 3.83. The molecule has 2 aromatic heterocycles. The van der Waals surface area contributed by atoms with Gasteiger partial charge in [-0.15, -0.1) is 0 Å². The molecule has 0 amide bonds. The zero-order valence-electron chi connectivity index (χ0n) is 10.9. The van der Waals surface area contributed by atoms with Gasteiger partial charge in [0.2, 0.25) is 5.88 Å². The van der Waals surface area contributed by atoms with E-state index in [1.54, 1.807) is 35.3 Å². The summed E-state index contributed by atoms with van der Waals surface area (Å²) in [5.74, 6) is 0.725. The summed E-state index contributed by atoms with van der Waals surface area (Å²) in [5, 5.41) is 4.51. The summed E-state index contributed by atoms with van der Waals surface area (Å²) in [4.78, 5) is 4.19. The molecule has 4 nitrogen and oxygen atoms in total. The highest BCUT2D eigenvalue weighted by atomic mass is 35.5. The maximum atomic E-state index is 13.7. The van der Waals surface area contributed by atoms with E-state index in [4.69, 9.17) is 16.3 Å². The minimum Gasteiger partial charge on any atom is -0.473 e. The van der Waals surface area contributed by atoms with Gasteiger partial charge in [-0.05, 0) is 24.3 Å². The Morgan fingerprint density at radius 2 is 2.05 bits per heavy atom. The minimum absolute atomic E-state index is 0.0849. The SMILES string of the molecule is Fc1cc(Cl)ccc1COc1ccnn1-c1ccccn1. The van der Waals surface area contributed by atoms with Crippen LogP contribution in [0.3, 0.4) is 0 Å². The summed E-state index contributed by atoms with van der Waals surface area (Å²) >= 11 is 5.72. The molecule has 0 spiro atoms. The third-order valence-corrected chi connectivity index (χ3v) is 3.10. The topological polar surface area (TPSA) is 39.9 Å². The van der Waals surface area contributed by atoms with Crippen LogP contribution in [0, 0.1) is 5.82 Å². The first-order chi connectivity index (χ1) is 10.2. The maximum Gasteiger partial charge on any atom is 0.218 e. The van der Waals surface area contributed by atoms with Gasteiger partial charge >= 0.3 is 0 Å². The van der Waals surface area contributed by atoms with Crippen LogP contribution in [0.4, 0.5) is 4.39 Å². The van der Waals surface area contributed by atoms with Crippen molar-refractivity contribution in [2.24, 2.45) is 0 Å². The molecule has 0 saturated carbocycles. The molecule has 106 valence electrons. The van der Waals surface area contributed by atoms with Crippen molar-refractivity contribution in [1.82, 2.24) is 14.8 Å². The zero-order valence-corrected chi connectivity index (χ0v) is 11.7. The average molecular weight is 304 g/mol. The van der Waals surface area contributed by atoms with Gasteiger partial charge in [0.1, 0.15) is 12.4 Å². The number of hydrogen-bond donors (Lipinski definition) is 0. The molecule has 0 radical (unpaired) electrons. The van der Waals surface area contributed by atoms with Crippen LogP contribution in [0.1, 0.15) is 5.56 Å². The highest BCUT2D eigenvalue weighted by Gasteiger charge is 2.09. The number of rotatable bonds is 4. The lowest BCUT2D eigenvalue weighted by atomic mass is 10.2. The van der Waals surface area contributed by atoms with Gasteiger partial charge in [-0.1, -0.05) is 23.7 Å². The molecule has 0 atom stereocenters. The first kappa shape index (κ1) is 13.6. The molecule has 0 aliphatic heterocycles. The number of aromatic nitrogens is 3. The van der Waals surface area contributed by atoms with E-state index in [2.05, 4.69) is 10.1 Å². The van der Waals surface area contributed by atoms with Crippen molar-refractivity contribution in [3.8, 4) is 11.7 Å². The lowest BCUT2D eigenvalue weighted by Crippen LogP contribution is -2.05. The summed E-state index contributed by atoms with van der Waals surface area (Å²) in [6.45, 7) is 0.0849. The van der Waals surface area contributed by atoms with Crippen molar-refractivity contribution in [2.75, 3.05) is 0 Å². The minimum atomic E-state index is -0.397. The highest BCUT2D eigenvalue weighted by Crippen LogP contribution is 2.19. The Bertz CT molecular complexity index is 746. The van der Waals surface area contributed by atoms with E-state index in [1.165, 1.54) is 6.07 Å². The first-order valence-electron chi connectivity index (χ1n) is 6.26. The lowest BCUT2D eigenvalue weighted by molar-refractivity contribution is 0.279. The van der Waals surface area contributed by atoms with Crippen molar-refractivity contribution in [1.29, 1.82) is 0 Å². The van der Waals surface area contributed by atoms with Crippen LogP contribution in [-0.2, 0) is 6.61 Å². The second-order valence-electron chi connectivity index (χ2n) is 4.29. The fourth-order valence-electron chi connectivity index (χ4n) is 1.84. The largest absolute Gasteiger partial charge is 0.473 e. The van der Waals surface area contributed by atoms with Crippen molar-refractivity contribution in [3.05, 3.63) is 71.3 Å². The van der Waals surface area contributed by atoms with Crippen molar-refractivity contribution in [2.45, 2.75) is 6.61 Å². The summed E-state index contributed by atoms with van der Waals surface area (Å²) in [7, 11) is 0. The molecule has 0 bridgehead atoms. The Labute approximate surface area is 125 Å². The molecule has 3 rings (SSSR count). The van der Waals surface area contributed by atoms with Gasteiger partial charge in [0.05, 0.1) is 6.20 Å². The van der Waals surface area contributed by atoms with E-state index < -0.39 is 5.82 Å². The summed E-state index contributed by atoms with van der Waals surface area (Å²) in [6.07, 6.45) is 3.27. The second-order valence-corrected chi connectivity index (χ2v) is 4.73. The Balaban J connectivity index is 1.79. The van der Waals surface area contributed by atoms with Crippen molar-refractivity contribution in [3.63, 3.8) is 0 Å². The third-order valence-electron chi connectivity index (χ3n) is 2.86. The fourth-order valence-corrected chi connectivity index (χ4v) is 2.00. The molecule has 2 heterocycles. The van der Waals surface area contributed by atoms with Crippen molar-refractivity contribution >= 4 is 11.6 Å². The van der Waals surface area contributed by atoms with Crippen LogP contribution in [-0.4, -0.2) is 14.8 Å². The molecular weight excluding hydrogens is 293 g/mol. The monoisotopic (exact) mass is 303 g/mol. The molecular formula is C15H11ClFN3O. The van der Waals surface area contributed by atoms with E-state index >= 15 is 0 Å². The van der Waals surface area contributed by atoms with Crippen molar-refractivity contribution < 1.29 is 9.13 Å².